The number of anilines is 1. The first-order valence-electron chi connectivity index (χ1n) is 5.78. The van der Waals surface area contributed by atoms with Gasteiger partial charge in [0.1, 0.15) is 17.2 Å². The molecule has 20 heavy (non-hydrogen) atoms. The average molecular weight is 337 g/mol. The van der Waals surface area contributed by atoms with E-state index in [2.05, 4.69) is 26.2 Å². The minimum absolute atomic E-state index is 0.298. The summed E-state index contributed by atoms with van der Waals surface area (Å²) in [7, 11) is 3.10. The normalized spacial score (nSPS) is 9.95. The molecule has 0 spiro atoms. The minimum Gasteiger partial charge on any atom is -0.497 e. The molecule has 0 saturated carbocycles. The van der Waals surface area contributed by atoms with E-state index in [4.69, 9.17) is 9.47 Å². The van der Waals surface area contributed by atoms with Crippen molar-refractivity contribution in [2.24, 2.45) is 0 Å². The van der Waals surface area contributed by atoms with Gasteiger partial charge in [0.25, 0.3) is 5.91 Å². The second-order valence-corrected chi connectivity index (χ2v) is 4.83. The van der Waals surface area contributed by atoms with Crippen molar-refractivity contribution in [3.8, 4) is 11.5 Å². The lowest BCUT2D eigenvalue weighted by Crippen LogP contribution is -2.13. The number of rotatable bonds is 4. The molecule has 0 aliphatic carbocycles. The van der Waals surface area contributed by atoms with E-state index in [9.17, 15) is 4.79 Å². The van der Waals surface area contributed by atoms with Gasteiger partial charge in [0, 0.05) is 34.6 Å². The van der Waals surface area contributed by atoms with E-state index >= 15 is 0 Å². The Labute approximate surface area is 125 Å². The second kappa shape index (κ2) is 6.38. The molecule has 0 aliphatic rings. The molecule has 1 amide bonds. The first kappa shape index (κ1) is 14.3. The third-order valence-corrected chi connectivity index (χ3v) is 3.04. The van der Waals surface area contributed by atoms with Crippen molar-refractivity contribution in [2.45, 2.75) is 0 Å². The fraction of sp³-hybridized carbons (Fsp3) is 0.143. The standard InChI is InChI=1S/C14H13BrN2O3/c1-19-11-5-10(6-12(7-11)20-2)17-14(18)13-4-3-9(15)8-16-13/h3-8H,1-2H3,(H,17,18). The van der Waals surface area contributed by atoms with E-state index in [1.807, 2.05) is 0 Å². The van der Waals surface area contributed by atoms with Crippen molar-refractivity contribution in [1.82, 2.24) is 4.98 Å². The smallest absolute Gasteiger partial charge is 0.274 e. The quantitative estimate of drug-likeness (QED) is 0.931. The Hall–Kier alpha value is -2.08. The molecule has 0 aliphatic heterocycles. The molecule has 104 valence electrons. The van der Waals surface area contributed by atoms with Gasteiger partial charge in [-0.2, -0.15) is 0 Å². The lowest BCUT2D eigenvalue weighted by atomic mass is 10.2. The lowest BCUT2D eigenvalue weighted by Gasteiger charge is -2.09. The summed E-state index contributed by atoms with van der Waals surface area (Å²) in [4.78, 5) is 16.1. The van der Waals surface area contributed by atoms with E-state index in [1.54, 1.807) is 50.7 Å². The van der Waals surface area contributed by atoms with Gasteiger partial charge in [0.15, 0.2) is 0 Å². The molecular formula is C14H13BrN2O3. The molecule has 0 radical (unpaired) electrons. The number of ether oxygens (including phenoxy) is 2. The van der Waals surface area contributed by atoms with Crippen molar-refractivity contribution in [3.05, 3.63) is 46.7 Å². The molecule has 6 heteroatoms. The number of halogens is 1. The first-order chi connectivity index (χ1) is 9.62. The van der Waals surface area contributed by atoms with Crippen LogP contribution in [0.5, 0.6) is 11.5 Å². The Morgan fingerprint density at radius 3 is 2.30 bits per heavy atom. The molecule has 1 heterocycles. The van der Waals surface area contributed by atoms with Crippen molar-refractivity contribution in [2.75, 3.05) is 19.5 Å². The zero-order chi connectivity index (χ0) is 14.5. The number of pyridine rings is 1. The molecule has 0 bridgehead atoms. The molecule has 5 nitrogen and oxygen atoms in total. The van der Waals surface area contributed by atoms with Crippen LogP contribution in [0.2, 0.25) is 0 Å². The van der Waals surface area contributed by atoms with E-state index in [-0.39, 0.29) is 5.91 Å². The number of methoxy groups -OCH3 is 2. The average Bonchev–Trinajstić information content (AvgIpc) is 2.47. The molecule has 1 aromatic carbocycles. The van der Waals surface area contributed by atoms with E-state index < -0.39 is 0 Å². The number of amides is 1. The topological polar surface area (TPSA) is 60.5 Å². The summed E-state index contributed by atoms with van der Waals surface area (Å²) >= 11 is 3.27. The van der Waals surface area contributed by atoms with Crippen LogP contribution in [-0.2, 0) is 0 Å². The van der Waals surface area contributed by atoms with Gasteiger partial charge in [-0.15, -0.1) is 0 Å². The van der Waals surface area contributed by atoms with Crippen LogP contribution in [0.25, 0.3) is 0 Å². The van der Waals surface area contributed by atoms with Crippen molar-refractivity contribution in [1.29, 1.82) is 0 Å². The van der Waals surface area contributed by atoms with Crippen LogP contribution in [0.15, 0.2) is 41.0 Å². The number of hydrogen-bond donors (Lipinski definition) is 1. The highest BCUT2D eigenvalue weighted by molar-refractivity contribution is 9.10. The Morgan fingerprint density at radius 2 is 1.80 bits per heavy atom. The van der Waals surface area contributed by atoms with Gasteiger partial charge in [-0.1, -0.05) is 0 Å². The molecule has 0 unspecified atom stereocenters. The number of benzene rings is 1. The van der Waals surface area contributed by atoms with Crippen LogP contribution in [0.4, 0.5) is 5.69 Å². The lowest BCUT2D eigenvalue weighted by molar-refractivity contribution is 0.102. The first-order valence-corrected chi connectivity index (χ1v) is 6.57. The fourth-order valence-corrected chi connectivity index (χ4v) is 1.82. The second-order valence-electron chi connectivity index (χ2n) is 3.92. The molecule has 0 saturated heterocycles. The minimum atomic E-state index is -0.298. The summed E-state index contributed by atoms with van der Waals surface area (Å²) in [6.45, 7) is 0. The number of nitrogens with one attached hydrogen (secondary N) is 1. The van der Waals surface area contributed by atoms with Crippen molar-refractivity contribution >= 4 is 27.5 Å². The van der Waals surface area contributed by atoms with Crippen LogP contribution >= 0.6 is 15.9 Å². The van der Waals surface area contributed by atoms with E-state index in [0.717, 1.165) is 4.47 Å². The Bertz CT molecular complexity index is 592. The molecule has 1 aromatic heterocycles. The van der Waals surface area contributed by atoms with Crippen molar-refractivity contribution in [3.63, 3.8) is 0 Å². The summed E-state index contributed by atoms with van der Waals surface area (Å²) in [6.07, 6.45) is 1.57. The molecule has 0 fully saturated rings. The monoisotopic (exact) mass is 336 g/mol. The molecule has 0 atom stereocenters. The van der Waals surface area contributed by atoms with Gasteiger partial charge < -0.3 is 14.8 Å². The van der Waals surface area contributed by atoms with Gasteiger partial charge in [-0.3, -0.25) is 4.79 Å². The van der Waals surface area contributed by atoms with Crippen LogP contribution < -0.4 is 14.8 Å². The number of carbonyl (C=O) groups excluding carboxylic acids is 1. The van der Waals surface area contributed by atoms with Crippen molar-refractivity contribution < 1.29 is 14.3 Å². The zero-order valence-corrected chi connectivity index (χ0v) is 12.6. The van der Waals surface area contributed by atoms with E-state index in [0.29, 0.717) is 22.9 Å². The maximum atomic E-state index is 12.1. The molecular weight excluding hydrogens is 324 g/mol. The largest absolute Gasteiger partial charge is 0.497 e. The van der Waals surface area contributed by atoms with Gasteiger partial charge in [0.2, 0.25) is 0 Å². The third-order valence-electron chi connectivity index (χ3n) is 2.57. The predicted octanol–water partition coefficient (Wildman–Crippen LogP) is 3.11. The summed E-state index contributed by atoms with van der Waals surface area (Å²) in [5.41, 5.74) is 0.908. The third kappa shape index (κ3) is 3.48. The summed E-state index contributed by atoms with van der Waals surface area (Å²) in [6, 6.07) is 8.54. The maximum Gasteiger partial charge on any atom is 0.274 e. The van der Waals surface area contributed by atoms with Crippen LogP contribution in [0.3, 0.4) is 0 Å². The highest BCUT2D eigenvalue weighted by Gasteiger charge is 2.09. The number of carbonyl (C=O) groups is 1. The summed E-state index contributed by atoms with van der Waals surface area (Å²) < 4.78 is 11.1. The zero-order valence-electron chi connectivity index (χ0n) is 11.0. The maximum absolute atomic E-state index is 12.1. The van der Waals surface area contributed by atoms with Crippen LogP contribution in [0, 0.1) is 0 Å². The Kier molecular flexibility index (Phi) is 4.57. The number of aromatic nitrogens is 1. The highest BCUT2D eigenvalue weighted by Crippen LogP contribution is 2.26. The number of nitrogens with zero attached hydrogens (tertiary/aromatic N) is 1. The van der Waals surface area contributed by atoms with E-state index in [1.165, 1.54) is 0 Å². The SMILES string of the molecule is COc1cc(NC(=O)c2ccc(Br)cn2)cc(OC)c1. The Morgan fingerprint density at radius 1 is 1.15 bits per heavy atom. The Balaban J connectivity index is 2.20. The fourth-order valence-electron chi connectivity index (χ4n) is 1.58. The van der Waals surface area contributed by atoms with Gasteiger partial charge in [-0.25, -0.2) is 4.98 Å². The number of hydrogen-bond acceptors (Lipinski definition) is 4. The summed E-state index contributed by atoms with van der Waals surface area (Å²) in [5, 5.41) is 2.75. The van der Waals surface area contributed by atoms with Crippen LogP contribution in [-0.4, -0.2) is 25.1 Å². The van der Waals surface area contributed by atoms with Gasteiger partial charge in [0.05, 0.1) is 14.2 Å². The summed E-state index contributed by atoms with van der Waals surface area (Å²) in [5.74, 6) is 0.902. The van der Waals surface area contributed by atoms with Gasteiger partial charge >= 0.3 is 0 Å². The van der Waals surface area contributed by atoms with Gasteiger partial charge in [-0.05, 0) is 28.1 Å². The highest BCUT2D eigenvalue weighted by atomic mass is 79.9. The predicted molar refractivity (Wildman–Crippen MR) is 79.4 cm³/mol. The molecule has 2 aromatic rings. The molecule has 1 N–H and O–H groups in total. The molecule has 2 rings (SSSR count). The van der Waals surface area contributed by atoms with Crippen LogP contribution in [0.1, 0.15) is 10.5 Å².